The first-order valence-electron chi connectivity index (χ1n) is 9.36. The number of benzene rings is 1. The predicted octanol–water partition coefficient (Wildman–Crippen LogP) is 3.04. The van der Waals surface area contributed by atoms with E-state index in [1.807, 2.05) is 0 Å². The van der Waals surface area contributed by atoms with Crippen molar-refractivity contribution in [3.63, 3.8) is 0 Å². The molecule has 0 spiro atoms. The monoisotopic (exact) mass is 384 g/mol. The van der Waals surface area contributed by atoms with Gasteiger partial charge in [-0.15, -0.1) is 0 Å². The third kappa shape index (κ3) is 3.26. The topological polar surface area (TPSA) is 102 Å². The maximum absolute atomic E-state index is 14.5. The van der Waals surface area contributed by atoms with Crippen molar-refractivity contribution in [1.29, 1.82) is 0 Å². The van der Waals surface area contributed by atoms with Crippen LogP contribution < -0.4 is 15.7 Å². The van der Waals surface area contributed by atoms with Crippen LogP contribution in [0.3, 0.4) is 0 Å². The molecule has 4 N–H and O–H groups in total. The summed E-state index contributed by atoms with van der Waals surface area (Å²) in [5, 5.41) is 17.3. The van der Waals surface area contributed by atoms with Gasteiger partial charge in [-0.2, -0.15) is 5.10 Å². The van der Waals surface area contributed by atoms with Gasteiger partial charge in [-0.1, -0.05) is 19.4 Å². The quantitative estimate of drug-likeness (QED) is 0.704. The average Bonchev–Trinajstić information content (AvgIpc) is 3.23. The molecule has 0 saturated heterocycles. The number of fused-ring (bicyclic) bond motifs is 1. The van der Waals surface area contributed by atoms with E-state index in [1.165, 1.54) is 6.07 Å². The van der Waals surface area contributed by atoms with E-state index in [0.717, 1.165) is 19.3 Å². The SMILES string of the molecule is CC1=Cc2cc(Nc3nn(C4CCC[C@@H]4C)cc3C(N)=O)cc(F)c2OB1O. The maximum Gasteiger partial charge on any atom is 0.555 e. The Morgan fingerprint density at radius 2 is 2.25 bits per heavy atom. The summed E-state index contributed by atoms with van der Waals surface area (Å²) in [4.78, 5) is 11.9. The molecule has 1 fully saturated rings. The second kappa shape index (κ2) is 6.98. The highest BCUT2D eigenvalue weighted by atomic mass is 19.1. The molecule has 4 rings (SSSR count). The molecule has 0 radical (unpaired) electrons. The number of nitrogens with two attached hydrogens (primary N) is 1. The Labute approximate surface area is 162 Å². The van der Waals surface area contributed by atoms with Crippen LogP contribution in [-0.2, 0) is 0 Å². The third-order valence-corrected chi connectivity index (χ3v) is 5.49. The van der Waals surface area contributed by atoms with Gasteiger partial charge in [0.05, 0.1) is 6.04 Å². The fraction of sp³-hybridized carbons (Fsp3) is 0.368. The Hall–Kier alpha value is -2.81. The molecule has 1 aromatic carbocycles. The number of amides is 1. The van der Waals surface area contributed by atoms with Crippen molar-refractivity contribution in [2.45, 2.75) is 39.2 Å². The number of primary amides is 1. The number of anilines is 2. The summed E-state index contributed by atoms with van der Waals surface area (Å²) < 4.78 is 21.5. The summed E-state index contributed by atoms with van der Waals surface area (Å²) in [6, 6.07) is 3.13. The van der Waals surface area contributed by atoms with Crippen LogP contribution in [0.15, 0.2) is 23.8 Å². The molecule has 1 saturated carbocycles. The lowest BCUT2D eigenvalue weighted by molar-refractivity contribution is 0.100. The first kappa shape index (κ1) is 18.6. The van der Waals surface area contributed by atoms with Crippen LogP contribution in [-0.4, -0.2) is 27.8 Å². The molecule has 28 heavy (non-hydrogen) atoms. The van der Waals surface area contributed by atoms with E-state index in [1.54, 1.807) is 29.9 Å². The molecule has 1 unspecified atom stereocenters. The molecule has 2 heterocycles. The highest BCUT2D eigenvalue weighted by Crippen LogP contribution is 2.37. The van der Waals surface area contributed by atoms with Crippen LogP contribution in [0.25, 0.3) is 6.08 Å². The van der Waals surface area contributed by atoms with Gasteiger partial charge in [0.25, 0.3) is 5.91 Å². The van der Waals surface area contributed by atoms with Gasteiger partial charge >= 0.3 is 7.12 Å². The van der Waals surface area contributed by atoms with Crippen molar-refractivity contribution in [1.82, 2.24) is 9.78 Å². The molecule has 2 atom stereocenters. The van der Waals surface area contributed by atoms with Crippen LogP contribution in [0.4, 0.5) is 15.9 Å². The smallest absolute Gasteiger partial charge is 0.530 e. The molecule has 1 aliphatic carbocycles. The lowest BCUT2D eigenvalue weighted by Crippen LogP contribution is -2.27. The van der Waals surface area contributed by atoms with E-state index >= 15 is 0 Å². The number of nitrogens with zero attached hydrogens (tertiary/aromatic N) is 2. The molecule has 0 bridgehead atoms. The number of aromatic nitrogens is 2. The normalized spacial score (nSPS) is 21.1. The van der Waals surface area contributed by atoms with Crippen LogP contribution in [0.1, 0.15) is 55.1 Å². The molecule has 1 aliphatic heterocycles. The number of halogens is 1. The van der Waals surface area contributed by atoms with Crippen molar-refractivity contribution < 1.29 is 18.9 Å². The lowest BCUT2D eigenvalue weighted by atomic mass is 9.76. The summed E-state index contributed by atoms with van der Waals surface area (Å²) in [6.45, 7) is 3.86. The minimum atomic E-state index is -1.16. The fourth-order valence-electron chi connectivity index (χ4n) is 3.93. The first-order valence-corrected chi connectivity index (χ1v) is 9.36. The average molecular weight is 384 g/mol. The zero-order valence-corrected chi connectivity index (χ0v) is 15.8. The minimum absolute atomic E-state index is 0.0101. The Balaban J connectivity index is 1.68. The standard InChI is InChI=1S/C19H22BFN4O3/c1-10-4-3-5-16(10)25-9-14(18(22)26)19(24-25)23-13-7-12-6-11(2)20(27)28-17(12)15(21)8-13/h6-10,16,27H,3-5H2,1-2H3,(H2,22,26)(H,23,24)/t10-,16?/m0/s1. The number of carbonyl (C=O) groups excluding carboxylic acids is 1. The molecular weight excluding hydrogens is 362 g/mol. The van der Waals surface area contributed by atoms with Crippen molar-refractivity contribution >= 4 is 30.6 Å². The predicted molar refractivity (Wildman–Crippen MR) is 105 cm³/mol. The van der Waals surface area contributed by atoms with E-state index in [4.69, 9.17) is 10.4 Å². The largest absolute Gasteiger partial charge is 0.555 e. The highest BCUT2D eigenvalue weighted by Gasteiger charge is 2.29. The molecular formula is C19H22BFN4O3. The number of hydrogen-bond acceptors (Lipinski definition) is 5. The second-order valence-corrected chi connectivity index (χ2v) is 7.57. The molecule has 2 aromatic rings. The Morgan fingerprint density at radius 1 is 1.46 bits per heavy atom. The molecule has 1 aromatic heterocycles. The summed E-state index contributed by atoms with van der Waals surface area (Å²) in [6.07, 6.45) is 6.55. The van der Waals surface area contributed by atoms with Gasteiger partial charge in [-0.3, -0.25) is 9.48 Å². The zero-order chi connectivity index (χ0) is 20.0. The number of allylic oxidation sites excluding steroid dienone is 1. The first-order chi connectivity index (χ1) is 13.3. The number of hydrogen-bond donors (Lipinski definition) is 3. The third-order valence-electron chi connectivity index (χ3n) is 5.49. The van der Waals surface area contributed by atoms with Gasteiger partial charge in [0.2, 0.25) is 0 Å². The summed E-state index contributed by atoms with van der Waals surface area (Å²) in [7, 11) is -1.16. The maximum atomic E-state index is 14.5. The summed E-state index contributed by atoms with van der Waals surface area (Å²) in [5.74, 6) is -0.467. The van der Waals surface area contributed by atoms with Crippen molar-refractivity contribution in [3.05, 3.63) is 40.7 Å². The number of carbonyl (C=O) groups is 1. The number of nitrogens with one attached hydrogen (secondary N) is 1. The van der Waals surface area contributed by atoms with Crippen LogP contribution in [0.5, 0.6) is 5.75 Å². The summed E-state index contributed by atoms with van der Waals surface area (Å²) in [5.41, 5.74) is 7.26. The van der Waals surface area contributed by atoms with Gasteiger partial charge in [-0.25, -0.2) is 4.39 Å². The summed E-state index contributed by atoms with van der Waals surface area (Å²) >= 11 is 0. The Bertz CT molecular complexity index is 974. The molecule has 1 amide bonds. The van der Waals surface area contributed by atoms with E-state index in [0.29, 0.717) is 28.5 Å². The molecule has 9 heteroatoms. The van der Waals surface area contributed by atoms with Gasteiger partial charge in [-0.05, 0) is 37.2 Å². The van der Waals surface area contributed by atoms with E-state index in [2.05, 4.69) is 17.3 Å². The van der Waals surface area contributed by atoms with E-state index in [-0.39, 0.29) is 17.4 Å². The van der Waals surface area contributed by atoms with Crippen molar-refractivity contribution in [2.75, 3.05) is 5.32 Å². The van der Waals surface area contributed by atoms with Crippen LogP contribution in [0, 0.1) is 11.7 Å². The van der Waals surface area contributed by atoms with Crippen molar-refractivity contribution in [3.8, 4) is 5.75 Å². The molecule has 2 aliphatic rings. The molecule has 146 valence electrons. The van der Waals surface area contributed by atoms with Gasteiger partial charge in [0.1, 0.15) is 11.3 Å². The lowest BCUT2D eigenvalue weighted by Gasteiger charge is -2.20. The Kier molecular flexibility index (Phi) is 4.62. The van der Waals surface area contributed by atoms with Gasteiger partial charge < -0.3 is 20.7 Å². The number of rotatable bonds is 4. The Morgan fingerprint density at radius 3 is 2.93 bits per heavy atom. The van der Waals surface area contributed by atoms with Crippen molar-refractivity contribution in [2.24, 2.45) is 11.7 Å². The zero-order valence-electron chi connectivity index (χ0n) is 15.8. The van der Waals surface area contributed by atoms with Gasteiger partial charge in [0.15, 0.2) is 11.6 Å². The minimum Gasteiger partial charge on any atom is -0.530 e. The van der Waals surface area contributed by atoms with Crippen LogP contribution >= 0.6 is 0 Å². The van der Waals surface area contributed by atoms with E-state index in [9.17, 15) is 14.2 Å². The highest BCUT2D eigenvalue weighted by molar-refractivity contribution is 6.54. The fourth-order valence-corrected chi connectivity index (χ4v) is 3.93. The van der Waals surface area contributed by atoms with E-state index < -0.39 is 18.8 Å². The molecule has 7 nitrogen and oxygen atoms in total. The van der Waals surface area contributed by atoms with Crippen LogP contribution in [0.2, 0.25) is 0 Å². The van der Waals surface area contributed by atoms with Gasteiger partial charge in [0, 0.05) is 23.5 Å². The second-order valence-electron chi connectivity index (χ2n) is 7.57.